The Morgan fingerprint density at radius 2 is 1.91 bits per heavy atom. The van der Waals surface area contributed by atoms with Crippen molar-refractivity contribution in [2.24, 2.45) is 0 Å². The first-order valence-corrected chi connectivity index (χ1v) is 11.9. The summed E-state index contributed by atoms with van der Waals surface area (Å²) >= 11 is 0. The van der Waals surface area contributed by atoms with E-state index in [1.165, 1.54) is 25.1 Å². The minimum atomic E-state index is -4.01. The van der Waals surface area contributed by atoms with Crippen LogP contribution in [0.2, 0.25) is 0 Å². The molecule has 1 aromatic heterocycles. The number of aliphatic hydroxyl groups excluding tert-OH is 1. The summed E-state index contributed by atoms with van der Waals surface area (Å²) < 4.78 is 104. The fraction of sp³-hybridized carbons (Fsp3) is 0.381. The molecule has 0 aliphatic carbocycles. The zero-order valence-electron chi connectivity index (χ0n) is 17.7. The van der Waals surface area contributed by atoms with Crippen molar-refractivity contribution in [2.45, 2.75) is 31.4 Å². The Balaban J connectivity index is 1.88. The van der Waals surface area contributed by atoms with Crippen LogP contribution < -0.4 is 9.62 Å². The summed E-state index contributed by atoms with van der Waals surface area (Å²) in [5, 5.41) is 13.2. The van der Waals surface area contributed by atoms with E-state index in [0.29, 0.717) is 12.1 Å². The minimum absolute atomic E-state index is 0.0132. The third kappa shape index (κ3) is 4.12. The number of fused-ring (bicyclic) bond motifs is 1. The van der Waals surface area contributed by atoms with Gasteiger partial charge in [0.05, 0.1) is 22.7 Å². The number of nitrogens with one attached hydrogen (secondary N) is 1. The number of sulfonamides is 1. The molecule has 0 spiro atoms. The van der Waals surface area contributed by atoms with Gasteiger partial charge >= 0.3 is 0 Å². The van der Waals surface area contributed by atoms with E-state index in [2.05, 4.69) is 5.16 Å². The van der Waals surface area contributed by atoms with Crippen molar-refractivity contribution in [2.75, 3.05) is 23.8 Å². The van der Waals surface area contributed by atoms with Gasteiger partial charge in [0.2, 0.25) is 10.0 Å². The van der Waals surface area contributed by atoms with E-state index in [4.69, 9.17) is 4.52 Å². The topological polar surface area (TPSA) is 95.7 Å². The molecule has 0 unspecified atom stereocenters. The quantitative estimate of drug-likeness (QED) is 0.478. The van der Waals surface area contributed by atoms with Gasteiger partial charge in [-0.25, -0.2) is 35.1 Å². The molecule has 1 fully saturated rings. The summed E-state index contributed by atoms with van der Waals surface area (Å²) in [6, 6.07) is 1.52. The van der Waals surface area contributed by atoms with Crippen molar-refractivity contribution in [3.05, 3.63) is 47.8 Å². The van der Waals surface area contributed by atoms with E-state index >= 15 is 8.78 Å². The highest BCUT2D eigenvalue weighted by Crippen LogP contribution is 2.44. The first-order valence-electron chi connectivity index (χ1n) is 10.3. The molecule has 0 saturated carbocycles. The van der Waals surface area contributed by atoms with Crippen molar-refractivity contribution in [1.29, 1.82) is 0 Å². The number of halogens is 5. The maximum Gasteiger partial charge on any atom is 0.285 e. The van der Waals surface area contributed by atoms with Gasteiger partial charge in [0, 0.05) is 30.8 Å². The predicted molar refractivity (Wildman–Crippen MR) is 113 cm³/mol. The number of rotatable bonds is 7. The van der Waals surface area contributed by atoms with Crippen LogP contribution in [0.4, 0.5) is 27.8 Å². The fourth-order valence-electron chi connectivity index (χ4n) is 4.19. The Hall–Kier alpha value is -2.77. The third-order valence-corrected chi connectivity index (χ3v) is 7.20. The molecule has 4 rings (SSSR count). The molecule has 2 aromatic carbocycles. The van der Waals surface area contributed by atoms with Crippen molar-refractivity contribution in [3.8, 4) is 11.1 Å². The zero-order valence-corrected chi connectivity index (χ0v) is 18.6. The van der Waals surface area contributed by atoms with Crippen LogP contribution in [0.5, 0.6) is 0 Å². The van der Waals surface area contributed by atoms with Crippen LogP contribution in [0.1, 0.15) is 13.3 Å². The molecule has 184 valence electrons. The van der Waals surface area contributed by atoms with Gasteiger partial charge in [0.15, 0.2) is 11.4 Å². The Morgan fingerprint density at radius 3 is 2.53 bits per heavy atom. The monoisotopic (exact) mass is 505 g/mol. The second-order valence-corrected chi connectivity index (χ2v) is 9.90. The summed E-state index contributed by atoms with van der Waals surface area (Å²) in [5.74, 6) is -7.84. The maximum atomic E-state index is 15.3. The molecular formula is C21H20F5N3O4S. The fourth-order valence-corrected chi connectivity index (χ4v) is 5.02. The second kappa shape index (κ2) is 8.78. The number of anilines is 1. The van der Waals surface area contributed by atoms with Crippen molar-refractivity contribution >= 4 is 26.8 Å². The maximum absolute atomic E-state index is 15.3. The smallest absolute Gasteiger partial charge is 0.285 e. The van der Waals surface area contributed by atoms with Gasteiger partial charge in [0.25, 0.3) is 5.92 Å². The standard InChI is InChI=1S/C21H20F5N3O4S/c1-2-34(31,32)28-16-10-29(17(6-7-30)21(16,25)26)20-19-12(4-3-5-15(19)33-27-20)18-13(23)8-11(22)9-14(18)24/h3-5,8-9,16-17,28,30H,2,6-7,10H2,1H3/t16-,17-/m1/s1. The number of aliphatic hydroxyl groups is 1. The van der Waals surface area contributed by atoms with Gasteiger partial charge in [0.1, 0.15) is 23.5 Å². The minimum Gasteiger partial charge on any atom is -0.396 e. The normalized spacial score (nSPS) is 20.4. The van der Waals surface area contributed by atoms with Gasteiger partial charge < -0.3 is 14.5 Å². The molecule has 2 heterocycles. The predicted octanol–water partition coefficient (Wildman–Crippen LogP) is 3.43. The van der Waals surface area contributed by atoms with Crippen LogP contribution in [0.25, 0.3) is 22.1 Å². The Morgan fingerprint density at radius 1 is 1.24 bits per heavy atom. The van der Waals surface area contributed by atoms with Crippen LogP contribution in [-0.2, 0) is 10.0 Å². The summed E-state index contributed by atoms with van der Waals surface area (Å²) in [4.78, 5) is 1.05. The second-order valence-electron chi connectivity index (χ2n) is 7.86. The van der Waals surface area contributed by atoms with Gasteiger partial charge in [-0.3, -0.25) is 0 Å². The van der Waals surface area contributed by atoms with Crippen LogP contribution in [0, 0.1) is 17.5 Å². The number of aromatic nitrogens is 1. The number of hydrogen-bond acceptors (Lipinski definition) is 6. The molecule has 0 bridgehead atoms. The van der Waals surface area contributed by atoms with Gasteiger partial charge in [-0.1, -0.05) is 17.3 Å². The lowest BCUT2D eigenvalue weighted by atomic mass is 9.99. The van der Waals surface area contributed by atoms with Crippen LogP contribution >= 0.6 is 0 Å². The first kappa shape index (κ1) is 24.4. The number of benzene rings is 2. The lowest BCUT2D eigenvalue weighted by Crippen LogP contribution is -2.50. The van der Waals surface area contributed by atoms with Gasteiger partial charge in [-0.05, 0) is 19.4 Å². The molecule has 34 heavy (non-hydrogen) atoms. The Labute approximate surface area is 191 Å². The highest BCUT2D eigenvalue weighted by Gasteiger charge is 2.58. The van der Waals surface area contributed by atoms with E-state index in [0.717, 1.165) is 4.90 Å². The summed E-state index contributed by atoms with van der Waals surface area (Å²) in [7, 11) is -4.01. The largest absolute Gasteiger partial charge is 0.396 e. The molecule has 13 heteroatoms. The summed E-state index contributed by atoms with van der Waals surface area (Å²) in [6.45, 7) is 0.0940. The number of nitrogens with zero attached hydrogens (tertiary/aromatic N) is 2. The molecule has 7 nitrogen and oxygen atoms in total. The van der Waals surface area contributed by atoms with Crippen LogP contribution in [-0.4, -0.2) is 55.6 Å². The van der Waals surface area contributed by atoms with E-state index in [1.54, 1.807) is 0 Å². The molecule has 0 amide bonds. The Bertz CT molecular complexity index is 1310. The molecule has 2 atom stereocenters. The van der Waals surface area contributed by atoms with E-state index in [1.807, 2.05) is 4.72 Å². The molecule has 2 N–H and O–H groups in total. The van der Waals surface area contributed by atoms with Crippen molar-refractivity contribution < 1.29 is 40.0 Å². The van der Waals surface area contributed by atoms with E-state index in [-0.39, 0.29) is 22.4 Å². The highest BCUT2D eigenvalue weighted by molar-refractivity contribution is 7.89. The lowest BCUT2D eigenvalue weighted by molar-refractivity contribution is -0.0308. The van der Waals surface area contributed by atoms with Gasteiger partial charge in [-0.2, -0.15) is 0 Å². The zero-order chi connectivity index (χ0) is 24.8. The average molecular weight is 505 g/mol. The van der Waals surface area contributed by atoms with E-state index < -0.39 is 76.4 Å². The molecule has 0 radical (unpaired) electrons. The van der Waals surface area contributed by atoms with Crippen molar-refractivity contribution in [3.63, 3.8) is 0 Å². The molecule has 3 aromatic rings. The molecule has 1 aliphatic rings. The first-order chi connectivity index (χ1) is 16.0. The molecule has 1 saturated heterocycles. The highest BCUT2D eigenvalue weighted by atomic mass is 32.2. The number of hydrogen-bond donors (Lipinski definition) is 2. The third-order valence-electron chi connectivity index (χ3n) is 5.80. The van der Waals surface area contributed by atoms with Crippen LogP contribution in [0.15, 0.2) is 34.9 Å². The average Bonchev–Trinajstić information content (AvgIpc) is 3.28. The Kier molecular flexibility index (Phi) is 6.29. The number of alkyl halides is 2. The molecular weight excluding hydrogens is 485 g/mol. The van der Waals surface area contributed by atoms with Crippen molar-refractivity contribution in [1.82, 2.24) is 9.88 Å². The lowest BCUT2D eigenvalue weighted by Gasteiger charge is -2.27. The van der Waals surface area contributed by atoms with Gasteiger partial charge in [-0.15, -0.1) is 0 Å². The molecule has 1 aliphatic heterocycles. The van der Waals surface area contributed by atoms with Crippen LogP contribution in [0.3, 0.4) is 0 Å². The van der Waals surface area contributed by atoms with E-state index in [9.17, 15) is 26.7 Å². The summed E-state index contributed by atoms with van der Waals surface area (Å²) in [6.07, 6.45) is -0.451. The summed E-state index contributed by atoms with van der Waals surface area (Å²) in [5.41, 5.74) is -0.712. The SMILES string of the molecule is CCS(=O)(=O)N[C@@H]1CN(c2noc3cccc(-c4c(F)cc(F)cc4F)c23)[C@H](CCO)C1(F)F.